The highest BCUT2D eigenvalue weighted by molar-refractivity contribution is 6.09. The molecule has 4 nitrogen and oxygen atoms in total. The van der Waals surface area contributed by atoms with Gasteiger partial charge in [0.25, 0.3) is 0 Å². The van der Waals surface area contributed by atoms with Gasteiger partial charge in [-0.25, -0.2) is 0 Å². The summed E-state index contributed by atoms with van der Waals surface area (Å²) in [5.41, 5.74) is 12.1. The van der Waals surface area contributed by atoms with Crippen molar-refractivity contribution in [2.24, 2.45) is 0 Å². The van der Waals surface area contributed by atoms with E-state index in [2.05, 4.69) is 174 Å². The Labute approximate surface area is 301 Å². The summed E-state index contributed by atoms with van der Waals surface area (Å²) in [6.45, 7) is 0. The normalized spacial score (nSPS) is 11.5. The molecule has 0 unspecified atom stereocenters. The molecule has 2 heterocycles. The van der Waals surface area contributed by atoms with Crippen LogP contribution >= 0.6 is 0 Å². The smallest absolute Gasteiger partial charge is 0.137 e. The van der Waals surface area contributed by atoms with Crippen LogP contribution in [0.1, 0.15) is 0 Å². The summed E-state index contributed by atoms with van der Waals surface area (Å²) in [6, 6.07) is 67.8. The zero-order valence-electron chi connectivity index (χ0n) is 28.2. The van der Waals surface area contributed by atoms with E-state index in [4.69, 9.17) is 8.83 Å². The van der Waals surface area contributed by atoms with Gasteiger partial charge >= 0.3 is 0 Å². The maximum atomic E-state index is 6.57. The van der Waals surface area contributed by atoms with E-state index in [1.807, 2.05) is 30.3 Å². The van der Waals surface area contributed by atoms with Crippen LogP contribution in [0.15, 0.2) is 203 Å². The minimum atomic E-state index is 0.835. The summed E-state index contributed by atoms with van der Waals surface area (Å²) in [5.74, 6) is 0. The van der Waals surface area contributed by atoms with Crippen molar-refractivity contribution in [3.05, 3.63) is 194 Å². The molecule has 0 radical (unpaired) electrons. The highest BCUT2D eigenvalue weighted by atomic mass is 16.3. The summed E-state index contributed by atoms with van der Waals surface area (Å²) < 4.78 is 12.9. The lowest BCUT2D eigenvalue weighted by Crippen LogP contribution is -2.09. The molecule has 0 aliphatic carbocycles. The summed E-state index contributed by atoms with van der Waals surface area (Å²) in [4.78, 5) is 4.55. The maximum absolute atomic E-state index is 6.57. The van der Waals surface area contributed by atoms with Crippen molar-refractivity contribution < 1.29 is 8.83 Å². The average molecular weight is 669 g/mol. The molecular formula is C48H32N2O2. The number of para-hydroxylation sites is 3. The maximum Gasteiger partial charge on any atom is 0.137 e. The first-order valence-corrected chi connectivity index (χ1v) is 17.5. The Kier molecular flexibility index (Phi) is 7.10. The third kappa shape index (κ3) is 5.17. The molecule has 0 saturated heterocycles. The van der Waals surface area contributed by atoms with Crippen molar-refractivity contribution in [3.8, 4) is 11.1 Å². The first-order valence-electron chi connectivity index (χ1n) is 17.5. The van der Waals surface area contributed by atoms with Gasteiger partial charge in [-0.1, -0.05) is 97.1 Å². The topological polar surface area (TPSA) is 32.8 Å². The Morgan fingerprint density at radius 1 is 0.250 bits per heavy atom. The average Bonchev–Trinajstić information content (AvgIpc) is 3.77. The van der Waals surface area contributed by atoms with E-state index in [-0.39, 0.29) is 0 Å². The number of rotatable bonds is 7. The first-order chi connectivity index (χ1) is 25.8. The third-order valence-corrected chi connectivity index (χ3v) is 9.84. The van der Waals surface area contributed by atoms with Crippen LogP contribution in [0.25, 0.3) is 55.0 Å². The predicted molar refractivity (Wildman–Crippen MR) is 216 cm³/mol. The van der Waals surface area contributed by atoms with Gasteiger partial charge in [-0.15, -0.1) is 0 Å². The summed E-state index contributed by atoms with van der Waals surface area (Å²) in [5, 5.41) is 4.35. The van der Waals surface area contributed by atoms with Gasteiger partial charge in [0.15, 0.2) is 0 Å². The van der Waals surface area contributed by atoms with Gasteiger partial charge in [-0.05, 0) is 96.1 Å². The molecule has 52 heavy (non-hydrogen) atoms. The number of furan rings is 2. The molecule has 0 aliphatic rings. The lowest BCUT2D eigenvalue weighted by molar-refractivity contribution is 0.668. The largest absolute Gasteiger partial charge is 0.456 e. The molecule has 0 atom stereocenters. The van der Waals surface area contributed by atoms with Crippen LogP contribution in [0.2, 0.25) is 0 Å². The molecule has 246 valence electrons. The highest BCUT2D eigenvalue weighted by Gasteiger charge is 2.19. The highest BCUT2D eigenvalue weighted by Crippen LogP contribution is 2.43. The molecule has 8 aromatic carbocycles. The Hall–Kier alpha value is -7.04. The first kappa shape index (κ1) is 29.8. The standard InChI is InChI=1S/C48H32N2O2/c1-4-12-33(13-5-1)34-20-22-37(23-21-34)49(35-14-6-2-7-15-35)39-25-28-43-44-30-38(26-29-46(44)52-48(43)31-39)50(36-16-8-3-9-17-36)40-24-27-42-41-18-10-11-19-45(41)51-47(42)32-40/h1-32H. The Morgan fingerprint density at radius 3 is 1.29 bits per heavy atom. The number of benzene rings is 8. The minimum absolute atomic E-state index is 0.835. The summed E-state index contributed by atoms with van der Waals surface area (Å²) in [7, 11) is 0. The van der Waals surface area contributed by atoms with Gasteiger partial charge in [-0.3, -0.25) is 0 Å². The van der Waals surface area contributed by atoms with Crippen molar-refractivity contribution in [2.45, 2.75) is 0 Å². The molecule has 10 aromatic rings. The van der Waals surface area contributed by atoms with E-state index in [1.54, 1.807) is 0 Å². The Morgan fingerprint density at radius 2 is 0.654 bits per heavy atom. The van der Waals surface area contributed by atoms with Crippen LogP contribution in [0, 0.1) is 0 Å². The molecule has 0 fully saturated rings. The monoisotopic (exact) mass is 668 g/mol. The van der Waals surface area contributed by atoms with Crippen LogP contribution in [0.3, 0.4) is 0 Å². The van der Waals surface area contributed by atoms with Crippen molar-refractivity contribution in [1.82, 2.24) is 0 Å². The van der Waals surface area contributed by atoms with Crippen LogP contribution in [0.4, 0.5) is 34.1 Å². The molecule has 0 aliphatic heterocycles. The molecule has 0 spiro atoms. The quantitative estimate of drug-likeness (QED) is 0.169. The number of fused-ring (bicyclic) bond motifs is 6. The lowest BCUT2D eigenvalue weighted by atomic mass is 10.0. The molecule has 2 aromatic heterocycles. The fourth-order valence-corrected chi connectivity index (χ4v) is 7.37. The van der Waals surface area contributed by atoms with E-state index >= 15 is 0 Å². The van der Waals surface area contributed by atoms with Gasteiger partial charge in [0, 0.05) is 67.8 Å². The molecule has 0 bridgehead atoms. The summed E-state index contributed by atoms with van der Waals surface area (Å²) in [6.07, 6.45) is 0. The molecule has 4 heteroatoms. The zero-order chi connectivity index (χ0) is 34.4. The SMILES string of the molecule is c1ccc(-c2ccc(N(c3ccccc3)c3ccc4c(c3)oc3ccc(N(c5ccccc5)c5ccc6c(c5)oc5ccccc56)cc34)cc2)cc1. The molecule has 0 amide bonds. The van der Waals surface area contributed by atoms with Crippen molar-refractivity contribution in [3.63, 3.8) is 0 Å². The van der Waals surface area contributed by atoms with Crippen LogP contribution in [0.5, 0.6) is 0 Å². The van der Waals surface area contributed by atoms with Gasteiger partial charge in [0.05, 0.1) is 0 Å². The molecule has 10 rings (SSSR count). The lowest BCUT2D eigenvalue weighted by Gasteiger charge is -2.25. The number of hydrogen-bond acceptors (Lipinski definition) is 4. The second kappa shape index (κ2) is 12.4. The van der Waals surface area contributed by atoms with Crippen molar-refractivity contribution in [1.29, 1.82) is 0 Å². The Balaban J connectivity index is 1.07. The molecule has 0 saturated carbocycles. The van der Waals surface area contributed by atoms with Crippen LogP contribution in [-0.2, 0) is 0 Å². The van der Waals surface area contributed by atoms with Crippen molar-refractivity contribution >= 4 is 78.0 Å². The van der Waals surface area contributed by atoms with Gasteiger partial charge in [0.2, 0.25) is 0 Å². The number of hydrogen-bond donors (Lipinski definition) is 0. The van der Waals surface area contributed by atoms with Gasteiger partial charge in [-0.2, -0.15) is 0 Å². The number of anilines is 6. The third-order valence-electron chi connectivity index (χ3n) is 9.84. The summed E-state index contributed by atoms with van der Waals surface area (Å²) >= 11 is 0. The molecular weight excluding hydrogens is 637 g/mol. The van der Waals surface area contributed by atoms with E-state index < -0.39 is 0 Å². The van der Waals surface area contributed by atoms with E-state index in [0.29, 0.717) is 0 Å². The van der Waals surface area contributed by atoms with Gasteiger partial charge in [0.1, 0.15) is 22.3 Å². The van der Waals surface area contributed by atoms with Crippen LogP contribution in [-0.4, -0.2) is 0 Å². The van der Waals surface area contributed by atoms with Gasteiger partial charge < -0.3 is 18.6 Å². The van der Waals surface area contributed by atoms with Crippen LogP contribution < -0.4 is 9.80 Å². The Bertz CT molecular complexity index is 2840. The fourth-order valence-electron chi connectivity index (χ4n) is 7.37. The van der Waals surface area contributed by atoms with E-state index in [0.717, 1.165) is 78.0 Å². The zero-order valence-corrected chi connectivity index (χ0v) is 28.2. The minimum Gasteiger partial charge on any atom is -0.456 e. The molecule has 0 N–H and O–H groups in total. The van der Waals surface area contributed by atoms with E-state index in [1.165, 1.54) is 11.1 Å². The predicted octanol–water partition coefficient (Wildman–Crippen LogP) is 14.1. The second-order valence-corrected chi connectivity index (χ2v) is 13.0. The second-order valence-electron chi connectivity index (χ2n) is 13.0. The van der Waals surface area contributed by atoms with Crippen molar-refractivity contribution in [2.75, 3.05) is 9.80 Å². The van der Waals surface area contributed by atoms with E-state index in [9.17, 15) is 0 Å². The number of nitrogens with zero attached hydrogens (tertiary/aromatic N) is 2. The fraction of sp³-hybridized carbons (Fsp3) is 0.